The van der Waals surface area contributed by atoms with E-state index in [2.05, 4.69) is 10.2 Å². The Balaban J connectivity index is 1.38. The van der Waals surface area contributed by atoms with Crippen LogP contribution >= 0.6 is 11.6 Å². The number of amides is 1. The molecule has 0 radical (unpaired) electrons. The molecular weight excluding hydrogens is 354 g/mol. The molecule has 0 spiro atoms. The summed E-state index contributed by atoms with van der Waals surface area (Å²) in [5.74, 6) is 1.64. The van der Waals surface area contributed by atoms with E-state index in [1.165, 1.54) is 0 Å². The Labute approximate surface area is 155 Å². The van der Waals surface area contributed by atoms with Crippen molar-refractivity contribution in [3.63, 3.8) is 0 Å². The number of nitrogens with zero attached hydrogens (tertiary/aromatic N) is 3. The van der Waals surface area contributed by atoms with Crippen molar-refractivity contribution in [1.29, 1.82) is 0 Å². The van der Waals surface area contributed by atoms with Gasteiger partial charge in [-0.05, 0) is 55.0 Å². The van der Waals surface area contributed by atoms with Gasteiger partial charge in [-0.25, -0.2) is 0 Å². The summed E-state index contributed by atoms with van der Waals surface area (Å²) in [6, 6.07) is 14.6. The quantitative estimate of drug-likeness (QED) is 0.677. The number of rotatable bonds is 5. The lowest BCUT2D eigenvalue weighted by molar-refractivity contribution is -0.117. The highest BCUT2D eigenvalue weighted by Gasteiger charge is 2.21. The van der Waals surface area contributed by atoms with E-state index in [4.69, 9.17) is 20.8 Å². The number of carbonyl (C=O) groups is 1. The van der Waals surface area contributed by atoms with Crippen LogP contribution in [-0.2, 0) is 11.4 Å². The van der Waals surface area contributed by atoms with E-state index in [-0.39, 0.29) is 12.5 Å². The highest BCUT2D eigenvalue weighted by molar-refractivity contribution is 6.30. The van der Waals surface area contributed by atoms with Gasteiger partial charge in [0.15, 0.2) is 6.61 Å². The van der Waals surface area contributed by atoms with Gasteiger partial charge in [0.2, 0.25) is 11.8 Å². The lowest BCUT2D eigenvalue weighted by atomic mass is 10.2. The largest absolute Gasteiger partial charge is 0.484 e. The third-order valence-electron chi connectivity index (χ3n) is 4.14. The Hall–Kier alpha value is -2.86. The van der Waals surface area contributed by atoms with Gasteiger partial charge in [0.05, 0.1) is 0 Å². The van der Waals surface area contributed by atoms with Crippen LogP contribution < -0.4 is 9.64 Å². The number of carbonyl (C=O) groups excluding carboxylic acids is 1. The molecule has 1 amide bonds. The molecule has 6 nitrogen and oxygen atoms in total. The van der Waals surface area contributed by atoms with Crippen molar-refractivity contribution in [2.24, 2.45) is 0 Å². The fourth-order valence-electron chi connectivity index (χ4n) is 2.81. The summed E-state index contributed by atoms with van der Waals surface area (Å²) in [7, 11) is 0. The highest BCUT2D eigenvalue weighted by atomic mass is 35.5. The molecule has 0 unspecified atom stereocenters. The van der Waals surface area contributed by atoms with Crippen LogP contribution in [0.1, 0.15) is 18.7 Å². The van der Waals surface area contributed by atoms with Gasteiger partial charge in [-0.1, -0.05) is 11.6 Å². The van der Waals surface area contributed by atoms with Gasteiger partial charge in [0.1, 0.15) is 5.75 Å². The number of benzene rings is 2. The lowest BCUT2D eigenvalue weighted by Gasteiger charge is -2.15. The van der Waals surface area contributed by atoms with Gasteiger partial charge in [-0.2, -0.15) is 0 Å². The summed E-state index contributed by atoms with van der Waals surface area (Å²) >= 11 is 5.87. The van der Waals surface area contributed by atoms with E-state index < -0.39 is 0 Å². The fourth-order valence-corrected chi connectivity index (χ4v) is 2.94. The van der Waals surface area contributed by atoms with E-state index >= 15 is 0 Å². The summed E-state index contributed by atoms with van der Waals surface area (Å²) in [5, 5.41) is 8.66. The average molecular weight is 370 g/mol. The molecule has 1 aliphatic rings. The van der Waals surface area contributed by atoms with Crippen LogP contribution in [0.25, 0.3) is 11.5 Å². The molecule has 7 heteroatoms. The van der Waals surface area contributed by atoms with Crippen molar-refractivity contribution in [3.8, 4) is 17.2 Å². The number of ether oxygens (including phenoxy) is 1. The normalized spacial score (nSPS) is 14.0. The first-order chi connectivity index (χ1) is 12.7. The number of halogens is 1. The number of hydrogen-bond donors (Lipinski definition) is 0. The molecule has 0 aliphatic carbocycles. The predicted octanol–water partition coefficient (Wildman–Crippen LogP) is 4.10. The van der Waals surface area contributed by atoms with Crippen molar-refractivity contribution in [2.45, 2.75) is 19.4 Å². The Morgan fingerprint density at radius 2 is 1.85 bits per heavy atom. The molecule has 0 atom stereocenters. The fraction of sp³-hybridized carbons (Fsp3) is 0.211. The summed E-state index contributed by atoms with van der Waals surface area (Å²) in [6.07, 6.45) is 1.52. The first kappa shape index (κ1) is 16.6. The van der Waals surface area contributed by atoms with E-state index in [1.54, 1.807) is 17.0 Å². The predicted molar refractivity (Wildman–Crippen MR) is 97.1 cm³/mol. The first-order valence-corrected chi connectivity index (χ1v) is 8.68. The molecular formula is C19H16ClN3O3. The minimum atomic E-state index is 0.166. The molecule has 132 valence electrons. The number of aromatic nitrogens is 2. The van der Waals surface area contributed by atoms with Crippen molar-refractivity contribution in [1.82, 2.24) is 10.2 Å². The Bertz CT molecular complexity index is 907. The van der Waals surface area contributed by atoms with E-state index in [0.29, 0.717) is 29.0 Å². The molecule has 4 rings (SSSR count). The maximum atomic E-state index is 11.8. The van der Waals surface area contributed by atoms with E-state index in [9.17, 15) is 4.79 Å². The highest BCUT2D eigenvalue weighted by Crippen LogP contribution is 2.25. The monoisotopic (exact) mass is 369 g/mol. The molecule has 2 heterocycles. The van der Waals surface area contributed by atoms with Crippen LogP contribution in [0.3, 0.4) is 0 Å². The zero-order valence-electron chi connectivity index (χ0n) is 13.9. The van der Waals surface area contributed by atoms with Crippen LogP contribution in [0.2, 0.25) is 5.02 Å². The summed E-state index contributed by atoms with van der Waals surface area (Å²) in [6.45, 7) is 0.942. The van der Waals surface area contributed by atoms with E-state index in [0.717, 1.165) is 24.2 Å². The van der Waals surface area contributed by atoms with Gasteiger partial charge in [0, 0.05) is 29.2 Å². The van der Waals surface area contributed by atoms with Crippen molar-refractivity contribution in [2.75, 3.05) is 11.4 Å². The lowest BCUT2D eigenvalue weighted by Crippen LogP contribution is -2.23. The van der Waals surface area contributed by atoms with Crippen LogP contribution in [0.5, 0.6) is 5.75 Å². The smallest absolute Gasteiger partial charge is 0.254 e. The molecule has 0 N–H and O–H groups in total. The third kappa shape index (κ3) is 3.55. The standard InChI is InChI=1S/C19H16ClN3O3/c20-14-5-3-13(4-6-14)19-22-21-17(26-19)12-25-16-9-7-15(8-10-16)23-11-1-2-18(23)24/h3-10H,1-2,11-12H2. The van der Waals surface area contributed by atoms with Crippen LogP contribution in [0.15, 0.2) is 52.9 Å². The van der Waals surface area contributed by atoms with E-state index in [1.807, 2.05) is 36.4 Å². The van der Waals surface area contributed by atoms with Crippen LogP contribution in [0.4, 0.5) is 5.69 Å². The van der Waals surface area contributed by atoms with Crippen LogP contribution in [-0.4, -0.2) is 22.6 Å². The topological polar surface area (TPSA) is 68.5 Å². The van der Waals surface area contributed by atoms with Crippen molar-refractivity contribution < 1.29 is 13.9 Å². The summed E-state index contributed by atoms with van der Waals surface area (Å²) in [5.41, 5.74) is 1.69. The maximum absolute atomic E-state index is 11.8. The van der Waals surface area contributed by atoms with Crippen LogP contribution in [0, 0.1) is 0 Å². The summed E-state index contributed by atoms with van der Waals surface area (Å²) < 4.78 is 11.3. The third-order valence-corrected chi connectivity index (χ3v) is 4.39. The van der Waals surface area contributed by atoms with Gasteiger partial charge in [-0.15, -0.1) is 10.2 Å². The number of anilines is 1. The maximum Gasteiger partial charge on any atom is 0.254 e. The van der Waals surface area contributed by atoms with Gasteiger partial charge >= 0.3 is 0 Å². The molecule has 1 saturated heterocycles. The molecule has 2 aromatic carbocycles. The molecule has 1 aliphatic heterocycles. The molecule has 1 aromatic heterocycles. The van der Waals surface area contributed by atoms with Crippen molar-refractivity contribution >= 4 is 23.2 Å². The Kier molecular flexibility index (Phi) is 4.58. The number of hydrogen-bond acceptors (Lipinski definition) is 5. The van der Waals surface area contributed by atoms with Crippen molar-refractivity contribution in [3.05, 3.63) is 59.4 Å². The van der Waals surface area contributed by atoms with Gasteiger partial charge in [0.25, 0.3) is 5.89 Å². The summed E-state index contributed by atoms with van der Waals surface area (Å²) in [4.78, 5) is 13.6. The molecule has 26 heavy (non-hydrogen) atoms. The minimum absolute atomic E-state index is 0.166. The zero-order chi connectivity index (χ0) is 17.9. The second-order valence-electron chi connectivity index (χ2n) is 5.94. The zero-order valence-corrected chi connectivity index (χ0v) is 14.6. The SMILES string of the molecule is O=C1CCCN1c1ccc(OCc2nnc(-c3ccc(Cl)cc3)o2)cc1. The molecule has 0 saturated carbocycles. The first-order valence-electron chi connectivity index (χ1n) is 8.30. The van der Waals surface area contributed by atoms with Gasteiger partial charge in [-0.3, -0.25) is 4.79 Å². The minimum Gasteiger partial charge on any atom is -0.484 e. The average Bonchev–Trinajstić information content (AvgIpc) is 3.30. The second-order valence-corrected chi connectivity index (χ2v) is 6.38. The Morgan fingerprint density at radius 1 is 1.08 bits per heavy atom. The molecule has 1 fully saturated rings. The van der Waals surface area contributed by atoms with Gasteiger partial charge < -0.3 is 14.1 Å². The molecule has 3 aromatic rings. The Morgan fingerprint density at radius 3 is 2.54 bits per heavy atom. The second kappa shape index (κ2) is 7.17. The molecule has 0 bridgehead atoms.